The van der Waals surface area contributed by atoms with Crippen molar-refractivity contribution in [1.29, 1.82) is 0 Å². The van der Waals surface area contributed by atoms with Crippen LogP contribution in [0.15, 0.2) is 70.8 Å². The summed E-state index contributed by atoms with van der Waals surface area (Å²) in [6.45, 7) is 0. The maximum Gasteiger partial charge on any atom is 0.244 e. The lowest BCUT2D eigenvalue weighted by atomic mass is 9.93. The number of ether oxygens (including phenoxy) is 2. The van der Waals surface area contributed by atoms with E-state index >= 15 is 0 Å². The van der Waals surface area contributed by atoms with Gasteiger partial charge in [0, 0.05) is 42.7 Å². The minimum absolute atomic E-state index is 0.00382. The van der Waals surface area contributed by atoms with Crippen LogP contribution in [0.3, 0.4) is 0 Å². The van der Waals surface area contributed by atoms with Crippen LogP contribution in [0.1, 0.15) is 56.4 Å². The molecule has 12 nitrogen and oxygen atoms in total. The lowest BCUT2D eigenvalue weighted by Gasteiger charge is -2.22. The normalized spacial score (nSPS) is 19.0. The van der Waals surface area contributed by atoms with Crippen LogP contribution in [0.25, 0.3) is 22.4 Å². The molecule has 0 saturated heterocycles. The Balaban J connectivity index is 1.31. The van der Waals surface area contributed by atoms with Gasteiger partial charge in [-0.2, -0.15) is 15.0 Å². The van der Waals surface area contributed by atoms with Crippen molar-refractivity contribution in [3.63, 3.8) is 0 Å². The summed E-state index contributed by atoms with van der Waals surface area (Å²) in [5.74, 6) is 0.336. The second-order valence-corrected chi connectivity index (χ2v) is 15.2. The number of aromatic nitrogens is 4. The van der Waals surface area contributed by atoms with E-state index < -0.39 is 26.1 Å². The van der Waals surface area contributed by atoms with Crippen molar-refractivity contribution in [2.45, 2.75) is 72.7 Å². The summed E-state index contributed by atoms with van der Waals surface area (Å²) in [7, 11) is -3.32. The molecule has 6 rings (SSSR count). The molecule has 2 unspecified atom stereocenters. The van der Waals surface area contributed by atoms with Gasteiger partial charge in [0.1, 0.15) is 27.0 Å². The van der Waals surface area contributed by atoms with E-state index in [1.165, 1.54) is 25.1 Å². The fourth-order valence-electron chi connectivity index (χ4n) is 6.55. The number of nitrogens with zero attached hydrogens (tertiary/aromatic N) is 4. The third-order valence-electron chi connectivity index (χ3n) is 8.79. The Morgan fingerprint density at radius 2 is 1.54 bits per heavy atom. The highest BCUT2D eigenvalue weighted by atomic mass is 32.2. The van der Waals surface area contributed by atoms with Crippen molar-refractivity contribution in [2.24, 2.45) is 7.05 Å². The van der Waals surface area contributed by atoms with Crippen molar-refractivity contribution in [2.75, 3.05) is 14.2 Å². The van der Waals surface area contributed by atoms with Crippen LogP contribution in [-0.2, 0) is 27.1 Å². The van der Waals surface area contributed by atoms with E-state index in [1.54, 1.807) is 49.9 Å². The topological polar surface area (TPSA) is 154 Å². The van der Waals surface area contributed by atoms with Crippen molar-refractivity contribution in [3.05, 3.63) is 66.6 Å². The second-order valence-electron chi connectivity index (χ2n) is 11.9. The molecule has 2 aliphatic rings. The monoisotopic (exact) mass is 666 g/mol. The van der Waals surface area contributed by atoms with E-state index in [2.05, 4.69) is 24.6 Å². The average molecular weight is 667 g/mol. The summed E-state index contributed by atoms with van der Waals surface area (Å²) in [6, 6.07) is 11.6. The van der Waals surface area contributed by atoms with E-state index in [9.17, 15) is 16.8 Å². The first kappa shape index (κ1) is 32.1. The van der Waals surface area contributed by atoms with Crippen molar-refractivity contribution < 1.29 is 26.3 Å². The third kappa shape index (κ3) is 6.66. The van der Waals surface area contributed by atoms with Crippen molar-refractivity contribution in [3.8, 4) is 33.9 Å². The molecule has 2 aliphatic carbocycles. The Kier molecular flexibility index (Phi) is 9.15. The number of sulfonamides is 2. The molecule has 2 fully saturated rings. The molecule has 2 N–H and O–H groups in total. The highest BCUT2D eigenvalue weighted by molar-refractivity contribution is 7.90. The molecule has 2 atom stereocenters. The highest BCUT2D eigenvalue weighted by Crippen LogP contribution is 2.44. The summed E-state index contributed by atoms with van der Waals surface area (Å²) in [4.78, 5) is 5.72. The van der Waals surface area contributed by atoms with E-state index in [0.717, 1.165) is 36.8 Å². The number of hydrogen-bond acceptors (Lipinski definition) is 9. The van der Waals surface area contributed by atoms with Gasteiger partial charge in [-0.3, -0.25) is 4.98 Å². The van der Waals surface area contributed by atoms with Crippen molar-refractivity contribution >= 4 is 20.0 Å². The average Bonchev–Trinajstić information content (AvgIpc) is 3.83. The summed E-state index contributed by atoms with van der Waals surface area (Å²) in [5.41, 5.74) is 3.32. The summed E-state index contributed by atoms with van der Waals surface area (Å²) in [6.07, 6.45) is 10.1. The maximum atomic E-state index is 13.8. The molecule has 0 aliphatic heterocycles. The molecule has 244 valence electrons. The molecule has 2 saturated carbocycles. The molecular weight excluding hydrogens is 629 g/mol. The summed E-state index contributed by atoms with van der Waals surface area (Å²) >= 11 is 0. The predicted molar refractivity (Wildman–Crippen MR) is 172 cm³/mol. The molecular formula is C32H38N6O6S2. The molecule has 2 heterocycles. The summed E-state index contributed by atoms with van der Waals surface area (Å²) < 4.78 is 72.1. The minimum Gasteiger partial charge on any atom is -0.495 e. The van der Waals surface area contributed by atoms with Crippen molar-refractivity contribution in [1.82, 2.24) is 29.4 Å². The van der Waals surface area contributed by atoms with Crippen LogP contribution in [-0.4, -0.2) is 63.1 Å². The van der Waals surface area contributed by atoms with E-state index in [1.807, 2.05) is 12.1 Å². The molecule has 46 heavy (non-hydrogen) atoms. The quantitative estimate of drug-likeness (QED) is 0.237. The molecule has 0 spiro atoms. The first-order valence-electron chi connectivity index (χ1n) is 15.3. The molecule has 0 amide bonds. The lowest BCUT2D eigenvalue weighted by Crippen LogP contribution is -2.33. The van der Waals surface area contributed by atoms with Crippen LogP contribution in [0, 0.1) is 0 Å². The maximum absolute atomic E-state index is 13.8. The van der Waals surface area contributed by atoms with Gasteiger partial charge in [-0.25, -0.2) is 26.3 Å². The number of methoxy groups -OCH3 is 2. The van der Waals surface area contributed by atoms with Gasteiger partial charge in [0.05, 0.1) is 20.4 Å². The Labute approximate surface area is 269 Å². The number of hydrogen-bond donors (Lipinski definition) is 2. The van der Waals surface area contributed by atoms with E-state index in [-0.39, 0.29) is 33.2 Å². The Bertz CT molecular complexity index is 1930. The molecule has 4 aromatic rings. The van der Waals surface area contributed by atoms with Gasteiger partial charge in [0.15, 0.2) is 0 Å². The Morgan fingerprint density at radius 1 is 0.804 bits per heavy atom. The largest absolute Gasteiger partial charge is 0.495 e. The molecule has 2 aromatic heterocycles. The van der Waals surface area contributed by atoms with Gasteiger partial charge >= 0.3 is 0 Å². The predicted octanol–water partition coefficient (Wildman–Crippen LogP) is 4.40. The number of aryl methyl sites for hydroxylation is 1. The van der Waals surface area contributed by atoms with Crippen LogP contribution in [0.4, 0.5) is 0 Å². The SMILES string of the molecule is COc1ccc(-c2cnn(C)n2)cc1S(=O)(=O)NC1CCC(c2cc(-c3cccnc3)cc(S(=O)(=O)NC3CCCC3)c2OC)C1. The van der Waals surface area contributed by atoms with Crippen LogP contribution >= 0.6 is 0 Å². The number of rotatable bonds is 11. The number of nitrogens with one attached hydrogen (secondary N) is 2. The fraction of sp³-hybridized carbons (Fsp3) is 0.406. The fourth-order valence-corrected chi connectivity index (χ4v) is 9.56. The zero-order valence-electron chi connectivity index (χ0n) is 26.0. The number of pyridine rings is 1. The smallest absolute Gasteiger partial charge is 0.244 e. The van der Waals surface area contributed by atoms with Gasteiger partial charge in [0.2, 0.25) is 20.0 Å². The Morgan fingerprint density at radius 3 is 2.22 bits per heavy atom. The van der Waals surface area contributed by atoms with E-state index in [0.29, 0.717) is 36.1 Å². The zero-order chi connectivity index (χ0) is 32.5. The number of benzene rings is 2. The van der Waals surface area contributed by atoms with E-state index in [4.69, 9.17) is 9.47 Å². The van der Waals surface area contributed by atoms with Gasteiger partial charge in [-0.15, -0.1) is 0 Å². The summed E-state index contributed by atoms with van der Waals surface area (Å²) in [5, 5.41) is 8.38. The second kappa shape index (κ2) is 13.1. The van der Waals surface area contributed by atoms with Crippen LogP contribution in [0.2, 0.25) is 0 Å². The minimum atomic E-state index is -4.00. The first-order valence-corrected chi connectivity index (χ1v) is 18.3. The molecule has 2 aromatic carbocycles. The first-order chi connectivity index (χ1) is 22.1. The molecule has 0 radical (unpaired) electrons. The van der Waals surface area contributed by atoms with Gasteiger partial charge in [-0.1, -0.05) is 18.9 Å². The molecule has 0 bridgehead atoms. The lowest BCUT2D eigenvalue weighted by molar-refractivity contribution is 0.392. The van der Waals surface area contributed by atoms with Gasteiger partial charge in [0.25, 0.3) is 0 Å². The zero-order valence-corrected chi connectivity index (χ0v) is 27.6. The molecule has 14 heteroatoms. The Hall–Kier alpha value is -3.85. The van der Waals surface area contributed by atoms with Gasteiger partial charge in [-0.05, 0) is 85.5 Å². The third-order valence-corrected chi connectivity index (χ3v) is 11.9. The van der Waals surface area contributed by atoms with Gasteiger partial charge < -0.3 is 9.47 Å². The van der Waals surface area contributed by atoms with Crippen LogP contribution < -0.4 is 18.9 Å². The van der Waals surface area contributed by atoms with Crippen LogP contribution in [0.5, 0.6) is 11.5 Å². The standard InChI is InChI=1S/C32H38N6O6S2/c1-38-34-20-28(35-38)22-11-13-29(43-2)30(17-22)45(39,40)37-26-12-10-21(15-26)27-16-24(23-7-6-14-33-19-23)18-31(32(27)44-3)46(41,42)36-25-8-4-5-9-25/h6-7,11,13-14,16-21,25-26,36-37H,4-5,8-10,12,15H2,1-3H3. The highest BCUT2D eigenvalue weighted by Gasteiger charge is 2.35.